The Morgan fingerprint density at radius 1 is 1.13 bits per heavy atom. The average molecular weight is 346 g/mol. The number of thiophene rings is 1. The number of halogens is 1. The van der Waals surface area contributed by atoms with Gasteiger partial charge in [0.1, 0.15) is 4.88 Å². The molecule has 6 heteroatoms. The number of anilines is 1. The van der Waals surface area contributed by atoms with Gasteiger partial charge in [0.2, 0.25) is 0 Å². The van der Waals surface area contributed by atoms with Crippen molar-refractivity contribution in [3.8, 4) is 0 Å². The van der Waals surface area contributed by atoms with Gasteiger partial charge < -0.3 is 10.1 Å². The Hall–Kier alpha value is -2.37. The fraction of sp³-hybridized carbons (Fsp3) is 0.0588. The number of esters is 1. The Labute approximate surface area is 141 Å². The van der Waals surface area contributed by atoms with Gasteiger partial charge in [0.05, 0.1) is 7.11 Å². The Bertz CT molecular complexity index is 904. The summed E-state index contributed by atoms with van der Waals surface area (Å²) in [4.78, 5) is 24.3. The van der Waals surface area contributed by atoms with Crippen molar-refractivity contribution in [1.29, 1.82) is 0 Å². The van der Waals surface area contributed by atoms with Gasteiger partial charge in [-0.05, 0) is 47.9 Å². The molecule has 1 aromatic heterocycles. The van der Waals surface area contributed by atoms with Crippen molar-refractivity contribution in [2.24, 2.45) is 0 Å². The van der Waals surface area contributed by atoms with E-state index >= 15 is 0 Å². The van der Waals surface area contributed by atoms with E-state index in [2.05, 4.69) is 5.32 Å². The van der Waals surface area contributed by atoms with Crippen LogP contribution in [0.3, 0.4) is 0 Å². The summed E-state index contributed by atoms with van der Waals surface area (Å²) in [6.07, 6.45) is 0. The molecule has 1 N–H and O–H groups in total. The highest BCUT2D eigenvalue weighted by atomic mass is 35.5. The second-order valence-electron chi connectivity index (χ2n) is 4.82. The zero-order valence-corrected chi connectivity index (χ0v) is 13.7. The number of carbonyl (C=O) groups is 2. The van der Waals surface area contributed by atoms with E-state index in [1.54, 1.807) is 36.4 Å². The van der Waals surface area contributed by atoms with Crippen LogP contribution in [-0.2, 0) is 4.74 Å². The third kappa shape index (κ3) is 3.36. The number of methoxy groups -OCH3 is 1. The molecule has 0 aliphatic carbocycles. The van der Waals surface area contributed by atoms with Crippen LogP contribution in [0, 0.1) is 0 Å². The third-order valence-electron chi connectivity index (χ3n) is 3.25. The molecule has 0 fully saturated rings. The van der Waals surface area contributed by atoms with Gasteiger partial charge in [0.25, 0.3) is 5.91 Å². The van der Waals surface area contributed by atoms with Crippen LogP contribution in [0.15, 0.2) is 48.5 Å². The Kier molecular flexibility index (Phi) is 4.32. The van der Waals surface area contributed by atoms with Gasteiger partial charge in [-0.1, -0.05) is 17.7 Å². The van der Waals surface area contributed by atoms with Crippen molar-refractivity contribution < 1.29 is 14.3 Å². The zero-order chi connectivity index (χ0) is 16.4. The van der Waals surface area contributed by atoms with E-state index in [0.717, 1.165) is 10.1 Å². The number of rotatable bonds is 3. The van der Waals surface area contributed by atoms with Crippen molar-refractivity contribution in [3.63, 3.8) is 0 Å². The molecule has 0 aliphatic heterocycles. The molecule has 0 spiro atoms. The first-order valence-corrected chi connectivity index (χ1v) is 7.95. The normalized spacial score (nSPS) is 10.5. The lowest BCUT2D eigenvalue weighted by Gasteiger charge is -2.05. The summed E-state index contributed by atoms with van der Waals surface area (Å²) in [6.45, 7) is 0. The van der Waals surface area contributed by atoms with Crippen LogP contribution >= 0.6 is 22.9 Å². The molecular formula is C17H12ClNO3S. The van der Waals surface area contributed by atoms with Crippen LogP contribution in [0.2, 0.25) is 5.02 Å². The van der Waals surface area contributed by atoms with Crippen LogP contribution in [-0.4, -0.2) is 19.0 Å². The predicted molar refractivity (Wildman–Crippen MR) is 92.6 cm³/mol. The molecule has 0 saturated heterocycles. The number of nitrogens with one attached hydrogen (secondary N) is 1. The topological polar surface area (TPSA) is 55.4 Å². The quantitative estimate of drug-likeness (QED) is 0.706. The van der Waals surface area contributed by atoms with Gasteiger partial charge in [-0.25, -0.2) is 4.79 Å². The van der Waals surface area contributed by atoms with E-state index in [9.17, 15) is 9.59 Å². The highest BCUT2D eigenvalue weighted by Gasteiger charge is 2.12. The molecule has 4 nitrogen and oxygen atoms in total. The van der Waals surface area contributed by atoms with E-state index in [1.807, 2.05) is 12.1 Å². The number of fused-ring (bicyclic) bond motifs is 1. The summed E-state index contributed by atoms with van der Waals surface area (Å²) in [5.74, 6) is -0.606. The maximum Gasteiger partial charge on any atom is 0.348 e. The number of hydrogen-bond donors (Lipinski definition) is 1. The van der Waals surface area contributed by atoms with E-state index in [0.29, 0.717) is 21.2 Å². The molecule has 1 amide bonds. The number of benzene rings is 2. The predicted octanol–water partition coefficient (Wildman–Crippen LogP) is 4.59. The maximum atomic E-state index is 12.2. The molecule has 3 rings (SSSR count). The number of carbonyl (C=O) groups excluding carboxylic acids is 2. The van der Waals surface area contributed by atoms with Crippen molar-refractivity contribution in [2.75, 3.05) is 12.4 Å². The van der Waals surface area contributed by atoms with Crippen LogP contribution in [0.4, 0.5) is 5.69 Å². The minimum absolute atomic E-state index is 0.240. The summed E-state index contributed by atoms with van der Waals surface area (Å²) in [5.41, 5.74) is 1.13. The standard InChI is InChI=1S/C17H12ClNO3S/c1-22-17(21)15-9-11-8-13(5-6-14(11)23-15)19-16(20)10-3-2-4-12(18)7-10/h2-9H,1H3,(H,19,20). The molecule has 23 heavy (non-hydrogen) atoms. The largest absolute Gasteiger partial charge is 0.465 e. The zero-order valence-electron chi connectivity index (χ0n) is 12.1. The van der Waals surface area contributed by atoms with Gasteiger partial charge in [-0.15, -0.1) is 11.3 Å². The van der Waals surface area contributed by atoms with Crippen LogP contribution in [0.1, 0.15) is 20.0 Å². The fourth-order valence-corrected chi connectivity index (χ4v) is 3.31. The van der Waals surface area contributed by atoms with Crippen LogP contribution < -0.4 is 5.32 Å². The minimum Gasteiger partial charge on any atom is -0.465 e. The second kappa shape index (κ2) is 6.40. The van der Waals surface area contributed by atoms with Gasteiger partial charge in [0.15, 0.2) is 0 Å². The highest BCUT2D eigenvalue weighted by Crippen LogP contribution is 2.28. The third-order valence-corrected chi connectivity index (χ3v) is 4.58. The average Bonchev–Trinajstić information content (AvgIpc) is 2.97. The molecule has 0 radical (unpaired) electrons. The van der Waals surface area contributed by atoms with E-state index in [4.69, 9.17) is 16.3 Å². The molecule has 1 heterocycles. The first kappa shape index (κ1) is 15.5. The Morgan fingerprint density at radius 3 is 2.70 bits per heavy atom. The lowest BCUT2D eigenvalue weighted by atomic mass is 10.2. The summed E-state index contributed by atoms with van der Waals surface area (Å²) in [6, 6.07) is 14.0. The van der Waals surface area contributed by atoms with Gasteiger partial charge in [-0.3, -0.25) is 4.79 Å². The number of amides is 1. The fourth-order valence-electron chi connectivity index (χ4n) is 2.16. The molecule has 2 aromatic carbocycles. The van der Waals surface area contributed by atoms with E-state index < -0.39 is 0 Å². The molecular weight excluding hydrogens is 334 g/mol. The molecule has 0 atom stereocenters. The molecule has 0 aliphatic rings. The first-order valence-electron chi connectivity index (χ1n) is 6.75. The lowest BCUT2D eigenvalue weighted by Crippen LogP contribution is -2.11. The van der Waals surface area contributed by atoms with Crippen molar-refractivity contribution >= 4 is 50.6 Å². The van der Waals surface area contributed by atoms with Crippen LogP contribution in [0.5, 0.6) is 0 Å². The van der Waals surface area contributed by atoms with Crippen molar-refractivity contribution in [2.45, 2.75) is 0 Å². The molecule has 116 valence electrons. The van der Waals surface area contributed by atoms with E-state index in [1.165, 1.54) is 18.4 Å². The molecule has 3 aromatic rings. The smallest absolute Gasteiger partial charge is 0.348 e. The van der Waals surface area contributed by atoms with Crippen molar-refractivity contribution in [3.05, 3.63) is 64.0 Å². The van der Waals surface area contributed by atoms with Gasteiger partial charge in [0, 0.05) is 21.0 Å². The van der Waals surface area contributed by atoms with Crippen LogP contribution in [0.25, 0.3) is 10.1 Å². The van der Waals surface area contributed by atoms with Gasteiger partial charge in [-0.2, -0.15) is 0 Å². The summed E-state index contributed by atoms with van der Waals surface area (Å²) in [5, 5.41) is 4.20. The van der Waals surface area contributed by atoms with Gasteiger partial charge >= 0.3 is 5.97 Å². The number of ether oxygens (including phenoxy) is 1. The Balaban J connectivity index is 1.85. The molecule has 0 saturated carbocycles. The first-order chi connectivity index (χ1) is 11.1. The molecule has 0 bridgehead atoms. The minimum atomic E-state index is -0.365. The number of hydrogen-bond acceptors (Lipinski definition) is 4. The monoisotopic (exact) mass is 345 g/mol. The van der Waals surface area contributed by atoms with Crippen molar-refractivity contribution in [1.82, 2.24) is 0 Å². The maximum absolute atomic E-state index is 12.2. The highest BCUT2D eigenvalue weighted by molar-refractivity contribution is 7.20. The summed E-state index contributed by atoms with van der Waals surface area (Å²) < 4.78 is 5.67. The summed E-state index contributed by atoms with van der Waals surface area (Å²) >= 11 is 7.24. The molecule has 0 unspecified atom stereocenters. The Morgan fingerprint density at radius 2 is 1.96 bits per heavy atom. The summed E-state index contributed by atoms with van der Waals surface area (Å²) in [7, 11) is 1.35. The SMILES string of the molecule is COC(=O)c1cc2cc(NC(=O)c3cccc(Cl)c3)ccc2s1. The van der Waals surface area contributed by atoms with E-state index in [-0.39, 0.29) is 11.9 Å². The lowest BCUT2D eigenvalue weighted by molar-refractivity contribution is 0.0606. The second-order valence-corrected chi connectivity index (χ2v) is 6.34.